The van der Waals surface area contributed by atoms with E-state index < -0.39 is 11.7 Å². The number of carbonyl (C=O) groups is 1. The Morgan fingerprint density at radius 1 is 1.09 bits per heavy atom. The van der Waals surface area contributed by atoms with Crippen LogP contribution in [0.2, 0.25) is 0 Å². The molecule has 0 saturated heterocycles. The minimum Gasteiger partial charge on any atom is -0.382 e. The van der Waals surface area contributed by atoms with E-state index in [1.54, 1.807) is 12.4 Å². The van der Waals surface area contributed by atoms with Crippen molar-refractivity contribution in [1.29, 1.82) is 0 Å². The van der Waals surface area contributed by atoms with Gasteiger partial charge in [-0.15, -0.1) is 0 Å². The number of fused-ring (bicyclic) bond motifs is 1. The van der Waals surface area contributed by atoms with Crippen molar-refractivity contribution in [2.24, 2.45) is 0 Å². The number of nitrogen functional groups attached to an aromatic ring is 1. The summed E-state index contributed by atoms with van der Waals surface area (Å²) in [7, 11) is 0. The first-order chi connectivity index (χ1) is 15.6. The Balaban J connectivity index is 1.56. The van der Waals surface area contributed by atoms with E-state index in [1.165, 1.54) is 18.3 Å². The highest BCUT2D eigenvalue weighted by atomic mass is 19.1. The molecule has 32 heavy (non-hydrogen) atoms. The maximum absolute atomic E-state index is 13.8. The topological polar surface area (TPSA) is 127 Å². The summed E-state index contributed by atoms with van der Waals surface area (Å²) in [5, 5.41) is 2.61. The zero-order chi connectivity index (χ0) is 22.1. The number of halogens is 1. The van der Waals surface area contributed by atoms with Crippen LogP contribution in [0.4, 0.5) is 10.2 Å². The molecule has 0 saturated carbocycles. The van der Waals surface area contributed by atoms with E-state index in [0.717, 1.165) is 11.2 Å². The van der Waals surface area contributed by atoms with Crippen molar-refractivity contribution in [3.05, 3.63) is 84.6 Å². The molecule has 0 spiro atoms. The molecule has 158 valence electrons. The smallest absolute Gasteiger partial charge is 0.274 e. The van der Waals surface area contributed by atoms with Crippen molar-refractivity contribution < 1.29 is 9.18 Å². The van der Waals surface area contributed by atoms with Crippen LogP contribution in [0.1, 0.15) is 16.2 Å². The highest BCUT2D eigenvalue weighted by Crippen LogP contribution is 2.30. The molecule has 0 aliphatic heterocycles. The summed E-state index contributed by atoms with van der Waals surface area (Å²) in [5.74, 6) is -1.13. The van der Waals surface area contributed by atoms with Crippen LogP contribution >= 0.6 is 0 Å². The maximum Gasteiger partial charge on any atom is 0.274 e. The molecule has 5 rings (SSSR count). The predicted molar refractivity (Wildman–Crippen MR) is 116 cm³/mol. The largest absolute Gasteiger partial charge is 0.382 e. The standard InChI is InChI=1S/C22H17FN8O/c23-14-3-1-7-26-16(14)11-28-22(32)20-21(24)30-19(15-4-2-8-25-15)18(29-20)13-5-6-17-27-9-10-31(17)12-13/h1-10,12,25H,11H2,(H2,24,30)(H,28,32). The number of amides is 1. The lowest BCUT2D eigenvalue weighted by atomic mass is 10.1. The van der Waals surface area contributed by atoms with Crippen molar-refractivity contribution in [1.82, 2.24) is 34.6 Å². The van der Waals surface area contributed by atoms with Crippen molar-refractivity contribution in [2.75, 3.05) is 5.73 Å². The van der Waals surface area contributed by atoms with Gasteiger partial charge < -0.3 is 20.4 Å². The molecule has 0 radical (unpaired) electrons. The summed E-state index contributed by atoms with van der Waals surface area (Å²) in [6.45, 7) is -0.110. The number of hydrogen-bond acceptors (Lipinski definition) is 6. The summed E-state index contributed by atoms with van der Waals surface area (Å²) in [6.07, 6.45) is 8.56. The lowest BCUT2D eigenvalue weighted by Crippen LogP contribution is -2.26. The van der Waals surface area contributed by atoms with Gasteiger partial charge in [0.05, 0.1) is 17.9 Å². The monoisotopic (exact) mass is 428 g/mol. The van der Waals surface area contributed by atoms with Gasteiger partial charge in [-0.2, -0.15) is 0 Å². The second-order valence-electron chi connectivity index (χ2n) is 6.96. The van der Waals surface area contributed by atoms with Crippen LogP contribution in [0.5, 0.6) is 0 Å². The Kier molecular flexibility index (Phi) is 4.79. The SMILES string of the molecule is Nc1nc(-c2ccc[nH]2)c(-c2ccc3nccn3c2)nc1C(=O)NCc1ncccc1F. The van der Waals surface area contributed by atoms with Gasteiger partial charge >= 0.3 is 0 Å². The summed E-state index contributed by atoms with van der Waals surface area (Å²) >= 11 is 0. The number of aromatic amines is 1. The predicted octanol–water partition coefficient (Wildman–Crippen LogP) is 2.83. The van der Waals surface area contributed by atoms with E-state index in [1.807, 2.05) is 41.1 Å². The van der Waals surface area contributed by atoms with E-state index in [-0.39, 0.29) is 23.8 Å². The highest BCUT2D eigenvalue weighted by Gasteiger charge is 2.21. The molecule has 0 aliphatic carbocycles. The van der Waals surface area contributed by atoms with Gasteiger partial charge in [0.15, 0.2) is 11.5 Å². The summed E-state index contributed by atoms with van der Waals surface area (Å²) in [4.78, 5) is 33.1. The lowest BCUT2D eigenvalue weighted by Gasteiger charge is -2.13. The zero-order valence-corrected chi connectivity index (χ0v) is 16.7. The minimum atomic E-state index is -0.581. The van der Waals surface area contributed by atoms with E-state index in [9.17, 15) is 9.18 Å². The van der Waals surface area contributed by atoms with Crippen LogP contribution in [0.3, 0.4) is 0 Å². The van der Waals surface area contributed by atoms with E-state index in [2.05, 4.69) is 30.2 Å². The average Bonchev–Trinajstić information content (AvgIpc) is 3.50. The number of nitrogens with one attached hydrogen (secondary N) is 2. The molecular weight excluding hydrogens is 411 g/mol. The number of carbonyl (C=O) groups excluding carboxylic acids is 1. The number of hydrogen-bond donors (Lipinski definition) is 3. The van der Waals surface area contributed by atoms with Crippen LogP contribution in [-0.4, -0.2) is 35.2 Å². The molecule has 0 aliphatic rings. The molecule has 5 aromatic heterocycles. The lowest BCUT2D eigenvalue weighted by molar-refractivity contribution is 0.0946. The van der Waals surface area contributed by atoms with Crippen LogP contribution < -0.4 is 11.1 Å². The number of imidazole rings is 1. The van der Waals surface area contributed by atoms with Gasteiger partial charge in [0.25, 0.3) is 5.91 Å². The highest BCUT2D eigenvalue weighted by molar-refractivity contribution is 5.97. The Morgan fingerprint density at radius 3 is 2.81 bits per heavy atom. The zero-order valence-electron chi connectivity index (χ0n) is 16.7. The number of pyridine rings is 2. The van der Waals surface area contributed by atoms with Crippen molar-refractivity contribution in [3.63, 3.8) is 0 Å². The molecule has 0 atom stereocenters. The molecular formula is C22H17FN8O. The summed E-state index contributed by atoms with van der Waals surface area (Å²) in [5.41, 5.74) is 9.31. The normalized spacial score (nSPS) is 11.0. The minimum absolute atomic E-state index is 0.0407. The van der Waals surface area contributed by atoms with Gasteiger partial charge in [0, 0.05) is 36.5 Å². The molecule has 0 unspecified atom stereocenters. The van der Waals surface area contributed by atoms with Gasteiger partial charge in [-0.1, -0.05) is 0 Å². The van der Waals surface area contributed by atoms with Gasteiger partial charge in [-0.3, -0.25) is 9.78 Å². The Bertz CT molecular complexity index is 1430. The Morgan fingerprint density at radius 2 is 2.00 bits per heavy atom. The fraction of sp³-hybridized carbons (Fsp3) is 0.0455. The number of anilines is 1. The third kappa shape index (κ3) is 3.54. The second kappa shape index (κ2) is 7.91. The quantitative estimate of drug-likeness (QED) is 0.395. The number of nitrogens with zero attached hydrogens (tertiary/aromatic N) is 5. The van der Waals surface area contributed by atoms with Crippen LogP contribution in [0, 0.1) is 5.82 Å². The van der Waals surface area contributed by atoms with E-state index in [0.29, 0.717) is 17.1 Å². The number of nitrogens with two attached hydrogens (primary N) is 1. The fourth-order valence-electron chi connectivity index (χ4n) is 3.34. The summed E-state index contributed by atoms with van der Waals surface area (Å²) < 4.78 is 15.7. The molecule has 9 nitrogen and oxygen atoms in total. The first-order valence-electron chi connectivity index (χ1n) is 9.72. The molecule has 4 N–H and O–H groups in total. The Labute approximate surface area is 181 Å². The molecule has 5 heterocycles. The van der Waals surface area contributed by atoms with Gasteiger partial charge in [0.1, 0.15) is 22.9 Å². The third-order valence-corrected chi connectivity index (χ3v) is 4.90. The average molecular weight is 428 g/mol. The first kappa shape index (κ1) is 19.4. The van der Waals surface area contributed by atoms with E-state index >= 15 is 0 Å². The first-order valence-corrected chi connectivity index (χ1v) is 9.72. The van der Waals surface area contributed by atoms with Crippen molar-refractivity contribution in [2.45, 2.75) is 6.54 Å². The molecule has 10 heteroatoms. The molecule has 0 aromatic carbocycles. The Hall–Kier alpha value is -4.60. The second-order valence-corrected chi connectivity index (χ2v) is 6.96. The molecule has 0 bridgehead atoms. The molecule has 5 aromatic rings. The third-order valence-electron chi connectivity index (χ3n) is 4.90. The van der Waals surface area contributed by atoms with Crippen LogP contribution in [0.25, 0.3) is 28.3 Å². The van der Waals surface area contributed by atoms with Crippen LogP contribution in [-0.2, 0) is 6.54 Å². The van der Waals surface area contributed by atoms with Gasteiger partial charge in [-0.05, 0) is 36.4 Å². The number of aromatic nitrogens is 6. The number of rotatable bonds is 5. The summed E-state index contributed by atoms with van der Waals surface area (Å²) in [6, 6.07) is 10.1. The van der Waals surface area contributed by atoms with Crippen molar-refractivity contribution in [3.8, 4) is 22.6 Å². The fourth-order valence-corrected chi connectivity index (χ4v) is 3.34. The maximum atomic E-state index is 13.8. The number of H-pyrrole nitrogens is 1. The van der Waals surface area contributed by atoms with Gasteiger partial charge in [-0.25, -0.2) is 19.3 Å². The molecule has 1 amide bonds. The van der Waals surface area contributed by atoms with Crippen LogP contribution in [0.15, 0.2) is 67.4 Å². The molecule has 0 fully saturated rings. The van der Waals surface area contributed by atoms with E-state index in [4.69, 9.17) is 5.73 Å². The van der Waals surface area contributed by atoms with Gasteiger partial charge in [0.2, 0.25) is 0 Å². The van der Waals surface area contributed by atoms with Crippen molar-refractivity contribution >= 4 is 17.4 Å².